The molecule has 1 amide bonds. The lowest BCUT2D eigenvalue weighted by Gasteiger charge is -2.21. The van der Waals surface area contributed by atoms with Crippen LogP contribution in [0.2, 0.25) is 0 Å². The maximum atomic E-state index is 12.2. The summed E-state index contributed by atoms with van der Waals surface area (Å²) in [7, 11) is 1.77. The van der Waals surface area contributed by atoms with Crippen LogP contribution in [0.4, 0.5) is 0 Å². The van der Waals surface area contributed by atoms with E-state index < -0.39 is 6.04 Å². The van der Waals surface area contributed by atoms with Crippen LogP contribution in [0.5, 0.6) is 0 Å². The average Bonchev–Trinajstić information content (AvgIpc) is 2.98. The summed E-state index contributed by atoms with van der Waals surface area (Å²) < 4.78 is 1.80. The fourth-order valence-corrected chi connectivity index (χ4v) is 2.03. The van der Waals surface area contributed by atoms with Crippen LogP contribution in [0.3, 0.4) is 0 Å². The zero-order valence-corrected chi connectivity index (χ0v) is 14.1. The number of amides is 1. The Balaban J connectivity index is 0.00000220. The molecule has 0 spiro atoms. The highest BCUT2D eigenvalue weighted by Crippen LogP contribution is 2.04. The summed E-state index contributed by atoms with van der Waals surface area (Å²) in [5.41, 5.74) is 7.06. The molecule has 0 fully saturated rings. The van der Waals surface area contributed by atoms with E-state index in [1.54, 1.807) is 22.8 Å². The van der Waals surface area contributed by atoms with Gasteiger partial charge in [-0.1, -0.05) is 30.3 Å². The highest BCUT2D eigenvalue weighted by atomic mass is 35.5. The number of hydrogen-bond acceptors (Lipinski definition) is 3. The number of carbonyl (C=O) groups is 1. The third kappa shape index (κ3) is 6.05. The number of hydrogen-bond donors (Lipinski definition) is 1. The van der Waals surface area contributed by atoms with Crippen LogP contribution < -0.4 is 5.73 Å². The number of aromatic nitrogens is 2. The summed E-state index contributed by atoms with van der Waals surface area (Å²) in [6.07, 6.45) is 4.16. The van der Waals surface area contributed by atoms with Crippen molar-refractivity contribution in [1.82, 2.24) is 14.7 Å². The highest BCUT2D eigenvalue weighted by Gasteiger charge is 2.18. The number of nitrogens with two attached hydrogens (primary N) is 1. The van der Waals surface area contributed by atoms with Gasteiger partial charge in [0.05, 0.1) is 12.6 Å². The molecule has 0 saturated carbocycles. The zero-order valence-electron chi connectivity index (χ0n) is 12.5. The molecular formula is C15H22Cl2N4O. The summed E-state index contributed by atoms with van der Waals surface area (Å²) in [6, 6.07) is 11.2. The Morgan fingerprint density at radius 3 is 2.55 bits per heavy atom. The van der Waals surface area contributed by atoms with E-state index in [2.05, 4.69) is 5.10 Å². The van der Waals surface area contributed by atoms with Gasteiger partial charge in [0.25, 0.3) is 0 Å². The van der Waals surface area contributed by atoms with Crippen LogP contribution in [0.15, 0.2) is 48.8 Å². The van der Waals surface area contributed by atoms with Crippen LogP contribution in [0.25, 0.3) is 0 Å². The topological polar surface area (TPSA) is 64.2 Å². The summed E-state index contributed by atoms with van der Waals surface area (Å²) in [5, 5.41) is 4.11. The molecule has 2 aromatic rings. The van der Waals surface area contributed by atoms with E-state index in [9.17, 15) is 4.79 Å². The standard InChI is InChI=1S/C15H20N4O.2ClH/c1-18(10-11-19-9-5-8-17-19)15(20)14(16)12-13-6-3-2-4-7-13;;/h2-9,14H,10-12,16H2,1H3;2*1H. The van der Waals surface area contributed by atoms with E-state index in [1.807, 2.05) is 42.6 Å². The molecular weight excluding hydrogens is 323 g/mol. The fraction of sp³-hybridized carbons (Fsp3) is 0.333. The number of halogens is 2. The highest BCUT2D eigenvalue weighted by molar-refractivity contribution is 5.85. The van der Waals surface area contributed by atoms with Gasteiger partial charge in [0.15, 0.2) is 0 Å². The quantitative estimate of drug-likeness (QED) is 0.868. The first kappa shape index (κ1) is 20.4. The van der Waals surface area contributed by atoms with Crippen molar-refractivity contribution in [1.29, 1.82) is 0 Å². The summed E-state index contributed by atoms with van der Waals surface area (Å²) in [6.45, 7) is 1.27. The molecule has 5 nitrogen and oxygen atoms in total. The molecule has 122 valence electrons. The van der Waals surface area contributed by atoms with Crippen molar-refractivity contribution in [2.45, 2.75) is 19.0 Å². The van der Waals surface area contributed by atoms with Gasteiger partial charge < -0.3 is 10.6 Å². The Labute approximate surface area is 143 Å². The molecule has 0 radical (unpaired) electrons. The average molecular weight is 345 g/mol. The number of rotatable bonds is 6. The van der Waals surface area contributed by atoms with E-state index in [4.69, 9.17) is 5.73 Å². The van der Waals surface area contributed by atoms with Gasteiger partial charge in [-0.05, 0) is 18.1 Å². The third-order valence-electron chi connectivity index (χ3n) is 3.22. The molecule has 1 heterocycles. The minimum absolute atomic E-state index is 0. The Morgan fingerprint density at radius 1 is 1.27 bits per heavy atom. The molecule has 2 rings (SSSR count). The van der Waals surface area contributed by atoms with Crippen LogP contribution in [-0.2, 0) is 17.8 Å². The maximum Gasteiger partial charge on any atom is 0.239 e. The first-order valence-electron chi connectivity index (χ1n) is 6.68. The number of nitrogens with zero attached hydrogens (tertiary/aromatic N) is 3. The van der Waals surface area contributed by atoms with Crippen molar-refractivity contribution in [2.24, 2.45) is 5.73 Å². The fourth-order valence-electron chi connectivity index (χ4n) is 2.03. The third-order valence-corrected chi connectivity index (χ3v) is 3.22. The molecule has 1 aromatic heterocycles. The Bertz CT molecular complexity index is 534. The molecule has 2 N–H and O–H groups in total. The SMILES string of the molecule is CN(CCn1cccn1)C(=O)C(N)Cc1ccccc1.Cl.Cl. The number of carbonyl (C=O) groups excluding carboxylic acids is 1. The largest absolute Gasteiger partial charge is 0.343 e. The number of benzene rings is 1. The number of likely N-dealkylation sites (N-methyl/N-ethyl adjacent to an activating group) is 1. The summed E-state index contributed by atoms with van der Waals surface area (Å²) in [4.78, 5) is 13.8. The van der Waals surface area contributed by atoms with E-state index in [1.165, 1.54) is 0 Å². The minimum atomic E-state index is -0.500. The van der Waals surface area contributed by atoms with Crippen molar-refractivity contribution < 1.29 is 4.79 Å². The lowest BCUT2D eigenvalue weighted by molar-refractivity contribution is -0.131. The van der Waals surface area contributed by atoms with E-state index >= 15 is 0 Å². The van der Waals surface area contributed by atoms with Crippen molar-refractivity contribution in [2.75, 3.05) is 13.6 Å². The first-order chi connectivity index (χ1) is 9.66. The molecule has 22 heavy (non-hydrogen) atoms. The smallest absolute Gasteiger partial charge is 0.239 e. The predicted octanol–water partition coefficient (Wildman–Crippen LogP) is 1.76. The predicted molar refractivity (Wildman–Crippen MR) is 92.5 cm³/mol. The molecule has 1 atom stereocenters. The molecule has 7 heteroatoms. The van der Waals surface area contributed by atoms with Gasteiger partial charge in [0.2, 0.25) is 5.91 Å². The second-order valence-electron chi connectivity index (χ2n) is 4.83. The van der Waals surface area contributed by atoms with Gasteiger partial charge in [0, 0.05) is 26.0 Å². The van der Waals surface area contributed by atoms with Gasteiger partial charge in [-0.25, -0.2) is 0 Å². The maximum absolute atomic E-state index is 12.2. The molecule has 1 aromatic carbocycles. The van der Waals surface area contributed by atoms with Gasteiger partial charge in [-0.3, -0.25) is 9.48 Å². The van der Waals surface area contributed by atoms with E-state index in [0.29, 0.717) is 19.5 Å². The Kier molecular flexibility index (Phi) is 9.49. The normalized spacial score (nSPS) is 11.0. The van der Waals surface area contributed by atoms with Crippen molar-refractivity contribution >= 4 is 30.7 Å². The lowest BCUT2D eigenvalue weighted by atomic mass is 10.1. The lowest BCUT2D eigenvalue weighted by Crippen LogP contribution is -2.44. The van der Waals surface area contributed by atoms with Gasteiger partial charge in [-0.15, -0.1) is 24.8 Å². The van der Waals surface area contributed by atoms with Gasteiger partial charge >= 0.3 is 0 Å². The first-order valence-corrected chi connectivity index (χ1v) is 6.68. The molecule has 0 aliphatic rings. The summed E-state index contributed by atoms with van der Waals surface area (Å²) in [5.74, 6) is -0.0407. The van der Waals surface area contributed by atoms with Crippen LogP contribution in [0, 0.1) is 0 Å². The van der Waals surface area contributed by atoms with E-state index in [-0.39, 0.29) is 30.7 Å². The second kappa shape index (κ2) is 10.2. The zero-order chi connectivity index (χ0) is 14.4. The molecule has 0 aliphatic carbocycles. The Hall–Kier alpha value is -1.56. The molecule has 1 unspecified atom stereocenters. The van der Waals surface area contributed by atoms with Crippen LogP contribution in [-0.4, -0.2) is 40.2 Å². The van der Waals surface area contributed by atoms with Crippen molar-refractivity contribution in [3.8, 4) is 0 Å². The molecule has 0 aliphatic heterocycles. The second-order valence-corrected chi connectivity index (χ2v) is 4.83. The minimum Gasteiger partial charge on any atom is -0.343 e. The van der Waals surface area contributed by atoms with Crippen LogP contribution >= 0.6 is 24.8 Å². The van der Waals surface area contributed by atoms with Crippen molar-refractivity contribution in [3.63, 3.8) is 0 Å². The summed E-state index contributed by atoms with van der Waals surface area (Å²) >= 11 is 0. The van der Waals surface area contributed by atoms with Gasteiger partial charge in [0.1, 0.15) is 0 Å². The van der Waals surface area contributed by atoms with E-state index in [0.717, 1.165) is 5.56 Å². The van der Waals surface area contributed by atoms with Crippen molar-refractivity contribution in [3.05, 3.63) is 54.4 Å². The van der Waals surface area contributed by atoms with Crippen LogP contribution in [0.1, 0.15) is 5.56 Å². The monoisotopic (exact) mass is 344 g/mol. The Morgan fingerprint density at radius 2 is 1.95 bits per heavy atom. The molecule has 0 bridgehead atoms. The molecule has 0 saturated heterocycles. The van der Waals surface area contributed by atoms with Gasteiger partial charge in [-0.2, -0.15) is 5.10 Å².